The maximum Gasteiger partial charge on any atom is 0.318 e. The first-order valence-corrected chi connectivity index (χ1v) is 9.98. The molecule has 2 amide bonds. The van der Waals surface area contributed by atoms with Crippen molar-refractivity contribution < 1.29 is 9.53 Å². The molecule has 2 aromatic rings. The molecule has 1 aliphatic rings. The number of amides is 2. The van der Waals surface area contributed by atoms with Gasteiger partial charge in [0.2, 0.25) is 0 Å². The molecule has 1 atom stereocenters. The van der Waals surface area contributed by atoms with Gasteiger partial charge >= 0.3 is 6.03 Å². The number of aromatic nitrogens is 1. The fourth-order valence-corrected chi connectivity index (χ4v) is 3.69. The summed E-state index contributed by atoms with van der Waals surface area (Å²) in [7, 11) is 1.66. The molecule has 0 saturated carbocycles. The van der Waals surface area contributed by atoms with Gasteiger partial charge in [0.05, 0.1) is 13.7 Å². The summed E-state index contributed by atoms with van der Waals surface area (Å²) < 4.78 is 5.47. The van der Waals surface area contributed by atoms with Crippen molar-refractivity contribution in [3.05, 3.63) is 59.9 Å². The van der Waals surface area contributed by atoms with E-state index in [4.69, 9.17) is 4.74 Å². The fraction of sp³-hybridized carbons (Fsp3) is 0.455. The van der Waals surface area contributed by atoms with Gasteiger partial charge in [0.1, 0.15) is 5.75 Å². The number of urea groups is 1. The van der Waals surface area contributed by atoms with Gasteiger partial charge in [-0.1, -0.05) is 31.2 Å². The Labute approximate surface area is 167 Å². The zero-order valence-electron chi connectivity index (χ0n) is 16.8. The molecule has 0 radical (unpaired) electrons. The predicted octanol–water partition coefficient (Wildman–Crippen LogP) is 3.29. The second kappa shape index (κ2) is 10.1. The maximum atomic E-state index is 13.1. The number of hydrogen-bond donors (Lipinski definition) is 1. The van der Waals surface area contributed by atoms with Gasteiger partial charge in [-0.05, 0) is 37.1 Å². The summed E-state index contributed by atoms with van der Waals surface area (Å²) in [6, 6.07) is 11.9. The predicted molar refractivity (Wildman–Crippen MR) is 110 cm³/mol. The summed E-state index contributed by atoms with van der Waals surface area (Å²) in [5, 5.41) is 3.23. The first kappa shape index (κ1) is 20.1. The van der Waals surface area contributed by atoms with Crippen LogP contribution in [-0.4, -0.2) is 53.6 Å². The third-order valence-electron chi connectivity index (χ3n) is 5.08. The zero-order valence-corrected chi connectivity index (χ0v) is 16.8. The van der Waals surface area contributed by atoms with E-state index < -0.39 is 0 Å². The molecule has 0 spiro atoms. The minimum Gasteiger partial charge on any atom is -0.496 e. The van der Waals surface area contributed by atoms with Crippen molar-refractivity contribution in [3.8, 4) is 5.75 Å². The molecule has 1 N–H and O–H groups in total. The number of pyridine rings is 1. The molecule has 1 saturated heterocycles. The smallest absolute Gasteiger partial charge is 0.318 e. The second-order valence-electron chi connectivity index (χ2n) is 7.26. The van der Waals surface area contributed by atoms with Crippen LogP contribution in [0.3, 0.4) is 0 Å². The molecule has 3 rings (SSSR count). The van der Waals surface area contributed by atoms with Crippen molar-refractivity contribution in [2.45, 2.75) is 38.9 Å². The van der Waals surface area contributed by atoms with Gasteiger partial charge in [0.15, 0.2) is 0 Å². The highest BCUT2D eigenvalue weighted by Crippen LogP contribution is 2.21. The highest BCUT2D eigenvalue weighted by atomic mass is 16.5. The highest BCUT2D eigenvalue weighted by Gasteiger charge is 2.25. The molecule has 6 nitrogen and oxygen atoms in total. The Morgan fingerprint density at radius 3 is 2.89 bits per heavy atom. The van der Waals surface area contributed by atoms with Crippen molar-refractivity contribution in [1.29, 1.82) is 0 Å². The maximum absolute atomic E-state index is 13.1. The van der Waals surface area contributed by atoms with E-state index in [0.717, 1.165) is 49.4 Å². The lowest BCUT2D eigenvalue weighted by molar-refractivity contribution is 0.187. The number of rotatable bonds is 8. The number of nitrogens with zero attached hydrogens (tertiary/aromatic N) is 3. The monoisotopic (exact) mass is 382 g/mol. The van der Waals surface area contributed by atoms with Crippen molar-refractivity contribution in [1.82, 2.24) is 20.1 Å². The number of carbonyl (C=O) groups is 1. The molecular weight excluding hydrogens is 352 g/mol. The summed E-state index contributed by atoms with van der Waals surface area (Å²) in [6.45, 7) is 6.24. The molecule has 0 aliphatic carbocycles. The van der Waals surface area contributed by atoms with Crippen LogP contribution in [0.15, 0.2) is 48.8 Å². The number of methoxy groups -OCH3 is 1. The van der Waals surface area contributed by atoms with E-state index in [0.29, 0.717) is 13.1 Å². The van der Waals surface area contributed by atoms with Gasteiger partial charge in [0.25, 0.3) is 0 Å². The quantitative estimate of drug-likeness (QED) is 0.761. The van der Waals surface area contributed by atoms with E-state index in [1.54, 1.807) is 19.5 Å². The Bertz CT molecular complexity index is 753. The largest absolute Gasteiger partial charge is 0.496 e. The van der Waals surface area contributed by atoms with Crippen LogP contribution in [0.1, 0.15) is 30.9 Å². The number of para-hydroxylation sites is 1. The van der Waals surface area contributed by atoms with Crippen molar-refractivity contribution in [3.63, 3.8) is 0 Å². The van der Waals surface area contributed by atoms with Gasteiger partial charge in [-0.25, -0.2) is 4.79 Å². The van der Waals surface area contributed by atoms with Gasteiger partial charge in [0, 0.05) is 43.6 Å². The molecule has 1 aromatic heterocycles. The average molecular weight is 383 g/mol. The van der Waals surface area contributed by atoms with Crippen LogP contribution in [0.2, 0.25) is 0 Å². The first-order valence-electron chi connectivity index (χ1n) is 9.98. The molecule has 0 bridgehead atoms. The highest BCUT2D eigenvalue weighted by molar-refractivity contribution is 5.74. The van der Waals surface area contributed by atoms with E-state index >= 15 is 0 Å². The third-order valence-corrected chi connectivity index (χ3v) is 5.08. The Kier molecular flexibility index (Phi) is 7.25. The summed E-state index contributed by atoms with van der Waals surface area (Å²) in [4.78, 5) is 21.5. The van der Waals surface area contributed by atoms with Crippen molar-refractivity contribution in [2.75, 3.05) is 26.7 Å². The van der Waals surface area contributed by atoms with Gasteiger partial charge in [-0.3, -0.25) is 4.98 Å². The van der Waals surface area contributed by atoms with Crippen LogP contribution in [0, 0.1) is 0 Å². The van der Waals surface area contributed by atoms with Crippen LogP contribution in [-0.2, 0) is 13.1 Å². The molecule has 6 heteroatoms. The number of likely N-dealkylation sites (tertiary alicyclic amines) is 1. The lowest BCUT2D eigenvalue weighted by Gasteiger charge is -2.26. The Morgan fingerprint density at radius 1 is 1.29 bits per heavy atom. The lowest BCUT2D eigenvalue weighted by atomic mass is 10.1. The molecule has 1 unspecified atom stereocenters. The van der Waals surface area contributed by atoms with E-state index in [1.165, 1.54) is 0 Å². The minimum atomic E-state index is -0.0434. The Hall–Kier alpha value is -2.60. The van der Waals surface area contributed by atoms with Crippen molar-refractivity contribution in [2.24, 2.45) is 0 Å². The normalized spacial score (nSPS) is 16.7. The number of ether oxygens (including phenoxy) is 1. The van der Waals surface area contributed by atoms with Crippen LogP contribution < -0.4 is 10.1 Å². The van der Waals surface area contributed by atoms with Crippen LogP contribution in [0.25, 0.3) is 0 Å². The van der Waals surface area contributed by atoms with Crippen LogP contribution >= 0.6 is 0 Å². The van der Waals surface area contributed by atoms with Gasteiger partial charge in [-0.15, -0.1) is 0 Å². The van der Waals surface area contributed by atoms with Crippen LogP contribution in [0.5, 0.6) is 5.75 Å². The standard InChI is InChI=1S/C22H30N4O2/c1-3-12-25-13-10-20(17-25)24-22(27)26(15-18-7-6-11-23-14-18)16-19-8-4-5-9-21(19)28-2/h4-9,11,14,20H,3,10,12-13,15-17H2,1-2H3,(H,24,27). The van der Waals surface area contributed by atoms with Gasteiger partial charge in [-0.2, -0.15) is 0 Å². The third kappa shape index (κ3) is 5.45. The molecule has 1 aliphatic heterocycles. The van der Waals surface area contributed by atoms with E-state index in [1.807, 2.05) is 41.3 Å². The van der Waals surface area contributed by atoms with Crippen molar-refractivity contribution >= 4 is 6.03 Å². The summed E-state index contributed by atoms with van der Waals surface area (Å²) in [5.41, 5.74) is 2.00. The van der Waals surface area contributed by atoms with Crippen LogP contribution in [0.4, 0.5) is 4.79 Å². The molecule has 1 fully saturated rings. The number of hydrogen-bond acceptors (Lipinski definition) is 4. The summed E-state index contributed by atoms with van der Waals surface area (Å²) in [6.07, 6.45) is 5.69. The summed E-state index contributed by atoms with van der Waals surface area (Å²) in [5.74, 6) is 0.793. The number of carbonyl (C=O) groups excluding carboxylic acids is 1. The lowest BCUT2D eigenvalue weighted by Crippen LogP contribution is -2.45. The molecule has 1 aromatic carbocycles. The average Bonchev–Trinajstić information content (AvgIpc) is 3.16. The molecule has 150 valence electrons. The second-order valence-corrected chi connectivity index (χ2v) is 7.26. The topological polar surface area (TPSA) is 57.7 Å². The Morgan fingerprint density at radius 2 is 2.14 bits per heavy atom. The first-order chi connectivity index (χ1) is 13.7. The SMILES string of the molecule is CCCN1CCC(NC(=O)N(Cc2cccnc2)Cc2ccccc2OC)C1. The minimum absolute atomic E-state index is 0.0434. The molecule has 28 heavy (non-hydrogen) atoms. The molecular formula is C22H30N4O2. The van der Waals surface area contributed by atoms with E-state index in [9.17, 15) is 4.79 Å². The van der Waals surface area contributed by atoms with E-state index in [-0.39, 0.29) is 12.1 Å². The zero-order chi connectivity index (χ0) is 19.8. The number of benzene rings is 1. The van der Waals surface area contributed by atoms with E-state index in [2.05, 4.69) is 22.1 Å². The number of nitrogens with one attached hydrogen (secondary N) is 1. The van der Waals surface area contributed by atoms with Gasteiger partial charge < -0.3 is 19.9 Å². The Balaban J connectivity index is 1.71. The molecule has 2 heterocycles. The fourth-order valence-electron chi connectivity index (χ4n) is 3.69. The summed E-state index contributed by atoms with van der Waals surface area (Å²) >= 11 is 0.